The average molecular weight is 493 g/mol. The number of hydrogen-bond donors (Lipinski definition) is 1. The first-order valence-electron chi connectivity index (χ1n) is 11.1. The van der Waals surface area contributed by atoms with E-state index < -0.39 is 9.84 Å². The first-order valence-corrected chi connectivity index (χ1v) is 13.0. The van der Waals surface area contributed by atoms with Crippen molar-refractivity contribution in [3.63, 3.8) is 0 Å². The van der Waals surface area contributed by atoms with Crippen LogP contribution in [0.5, 0.6) is 11.5 Å². The Morgan fingerprint density at radius 3 is 2.43 bits per heavy atom. The number of anilines is 1. The number of fused-ring (bicyclic) bond motifs is 2. The second-order valence-corrected chi connectivity index (χ2v) is 10.6. The molecule has 0 saturated heterocycles. The predicted octanol–water partition coefficient (Wildman–Crippen LogP) is 4.11. The number of carbonyl (C=O) groups excluding carboxylic acids is 1. The van der Waals surface area contributed by atoms with Gasteiger partial charge in [-0.25, -0.2) is 18.1 Å². The summed E-state index contributed by atoms with van der Waals surface area (Å²) in [5.74, 6) is 0.945. The van der Waals surface area contributed by atoms with Crippen molar-refractivity contribution < 1.29 is 22.7 Å². The lowest BCUT2D eigenvalue weighted by Crippen LogP contribution is -2.15. The molecule has 1 N–H and O–H groups in total. The number of rotatable bonds is 5. The molecule has 35 heavy (non-hydrogen) atoms. The first-order chi connectivity index (χ1) is 16.7. The fourth-order valence-electron chi connectivity index (χ4n) is 3.92. The Morgan fingerprint density at radius 1 is 1.03 bits per heavy atom. The van der Waals surface area contributed by atoms with Crippen molar-refractivity contribution in [2.75, 3.05) is 24.8 Å². The maximum Gasteiger partial charge on any atom is 0.256 e. The van der Waals surface area contributed by atoms with Crippen molar-refractivity contribution in [1.82, 2.24) is 14.8 Å². The number of nitrogens with zero attached hydrogens (tertiary/aromatic N) is 3. The lowest BCUT2D eigenvalue weighted by molar-refractivity contribution is 0.102. The molecule has 0 fully saturated rings. The maximum atomic E-state index is 13.4. The largest absolute Gasteiger partial charge is 0.486 e. The molecule has 9 nitrogen and oxygen atoms in total. The predicted molar refractivity (Wildman–Crippen MR) is 132 cm³/mol. The monoisotopic (exact) mass is 492 g/mol. The van der Waals surface area contributed by atoms with Gasteiger partial charge in [0.25, 0.3) is 5.91 Å². The SMILES string of the molecule is CC(C)n1ncc2c(C(=O)Nc3ccc(S(C)(=O)=O)cc3)cc(-c3ccc4c(c3)OCCO4)nc21. The number of benzene rings is 2. The Hall–Kier alpha value is -3.92. The standard InChI is InChI=1S/C25H24N4O5S/c1-15(2)29-24-20(14-26-29)19(25(30)27-17-5-7-18(8-6-17)35(3,31)32)13-21(28-24)16-4-9-22-23(12-16)34-11-10-33-22/h4-9,12-15H,10-11H2,1-3H3,(H,27,30). The minimum Gasteiger partial charge on any atom is -0.486 e. The molecule has 2 aromatic heterocycles. The van der Waals surface area contributed by atoms with Gasteiger partial charge in [-0.05, 0) is 62.4 Å². The zero-order valence-corrected chi connectivity index (χ0v) is 20.3. The zero-order chi connectivity index (χ0) is 24.7. The summed E-state index contributed by atoms with van der Waals surface area (Å²) in [6.07, 6.45) is 2.78. The van der Waals surface area contributed by atoms with Gasteiger partial charge in [0.1, 0.15) is 13.2 Å². The number of carbonyl (C=O) groups is 1. The highest BCUT2D eigenvalue weighted by Crippen LogP contribution is 2.35. The molecule has 0 saturated carbocycles. The Labute approximate surface area is 202 Å². The lowest BCUT2D eigenvalue weighted by atomic mass is 10.1. The van der Waals surface area contributed by atoms with E-state index in [0.29, 0.717) is 52.7 Å². The minimum absolute atomic E-state index is 0.0370. The lowest BCUT2D eigenvalue weighted by Gasteiger charge is -2.19. The van der Waals surface area contributed by atoms with Crippen LogP contribution in [0.3, 0.4) is 0 Å². The van der Waals surface area contributed by atoms with E-state index in [1.54, 1.807) is 29.1 Å². The van der Waals surface area contributed by atoms with Crippen LogP contribution in [0.25, 0.3) is 22.3 Å². The summed E-state index contributed by atoms with van der Waals surface area (Å²) >= 11 is 0. The summed E-state index contributed by atoms with van der Waals surface area (Å²) in [5.41, 5.74) is 2.84. The second-order valence-electron chi connectivity index (χ2n) is 8.58. The molecule has 1 aliphatic rings. The van der Waals surface area contributed by atoms with E-state index in [0.717, 1.165) is 11.8 Å². The Balaban J connectivity index is 1.57. The Bertz CT molecular complexity index is 1540. The molecule has 4 aromatic rings. The highest BCUT2D eigenvalue weighted by atomic mass is 32.2. The van der Waals surface area contributed by atoms with Crippen LogP contribution in [0.15, 0.2) is 59.6 Å². The molecule has 0 atom stereocenters. The van der Waals surface area contributed by atoms with Gasteiger partial charge in [-0.1, -0.05) is 0 Å². The first kappa shape index (κ1) is 22.9. The maximum absolute atomic E-state index is 13.4. The smallest absolute Gasteiger partial charge is 0.256 e. The van der Waals surface area contributed by atoms with Gasteiger partial charge in [-0.15, -0.1) is 0 Å². The van der Waals surface area contributed by atoms with Crippen molar-refractivity contribution >= 4 is 32.5 Å². The third kappa shape index (κ3) is 4.44. The van der Waals surface area contributed by atoms with E-state index in [1.807, 2.05) is 32.0 Å². The van der Waals surface area contributed by atoms with Gasteiger partial charge in [-0.2, -0.15) is 5.10 Å². The summed E-state index contributed by atoms with van der Waals surface area (Å²) in [5, 5.41) is 7.92. The number of sulfone groups is 1. The molecular weight excluding hydrogens is 468 g/mol. The molecule has 2 aromatic carbocycles. The Morgan fingerprint density at radius 2 is 1.74 bits per heavy atom. The van der Waals surface area contributed by atoms with Gasteiger partial charge in [0.05, 0.1) is 27.7 Å². The average Bonchev–Trinajstić information content (AvgIpc) is 3.27. The normalized spacial score (nSPS) is 13.3. The molecule has 1 amide bonds. The van der Waals surface area contributed by atoms with E-state index >= 15 is 0 Å². The van der Waals surface area contributed by atoms with Crippen molar-refractivity contribution in [3.05, 3.63) is 60.3 Å². The molecule has 1 aliphatic heterocycles. The molecule has 10 heteroatoms. The van der Waals surface area contributed by atoms with Crippen molar-refractivity contribution in [1.29, 1.82) is 0 Å². The highest BCUT2D eigenvalue weighted by Gasteiger charge is 2.20. The van der Waals surface area contributed by atoms with Crippen molar-refractivity contribution in [2.24, 2.45) is 0 Å². The van der Waals surface area contributed by atoms with E-state index in [-0.39, 0.29) is 16.8 Å². The number of nitrogens with one attached hydrogen (secondary N) is 1. The van der Waals surface area contributed by atoms with Crippen molar-refractivity contribution in [2.45, 2.75) is 24.8 Å². The fourth-order valence-corrected chi connectivity index (χ4v) is 4.55. The summed E-state index contributed by atoms with van der Waals surface area (Å²) in [7, 11) is -3.33. The van der Waals surface area contributed by atoms with Crippen LogP contribution in [0.4, 0.5) is 5.69 Å². The summed E-state index contributed by atoms with van der Waals surface area (Å²) < 4.78 is 36.6. The third-order valence-corrected chi connectivity index (χ3v) is 6.81. The summed E-state index contributed by atoms with van der Waals surface area (Å²) in [6, 6.07) is 13.4. The van der Waals surface area contributed by atoms with E-state index in [1.165, 1.54) is 12.1 Å². The molecule has 0 aliphatic carbocycles. The molecule has 3 heterocycles. The highest BCUT2D eigenvalue weighted by molar-refractivity contribution is 7.90. The topological polar surface area (TPSA) is 112 Å². The van der Waals surface area contributed by atoms with Gasteiger partial charge in [0, 0.05) is 23.5 Å². The van der Waals surface area contributed by atoms with E-state index in [4.69, 9.17) is 14.5 Å². The van der Waals surface area contributed by atoms with E-state index in [2.05, 4.69) is 10.4 Å². The molecular formula is C25H24N4O5S. The van der Waals surface area contributed by atoms with E-state index in [9.17, 15) is 13.2 Å². The van der Waals surface area contributed by atoms with Gasteiger partial charge < -0.3 is 14.8 Å². The van der Waals surface area contributed by atoms with Crippen LogP contribution < -0.4 is 14.8 Å². The molecule has 0 unspecified atom stereocenters. The number of pyridine rings is 1. The molecule has 180 valence electrons. The summed E-state index contributed by atoms with van der Waals surface area (Å²) in [4.78, 5) is 18.4. The zero-order valence-electron chi connectivity index (χ0n) is 19.5. The van der Waals surface area contributed by atoms with Gasteiger partial charge in [0.2, 0.25) is 0 Å². The number of amides is 1. The van der Waals surface area contributed by atoms with Crippen LogP contribution in [0, 0.1) is 0 Å². The molecule has 0 spiro atoms. The molecule has 0 bridgehead atoms. The second kappa shape index (κ2) is 8.70. The molecule has 0 radical (unpaired) electrons. The third-order valence-electron chi connectivity index (χ3n) is 5.68. The van der Waals surface area contributed by atoms with Gasteiger partial charge >= 0.3 is 0 Å². The van der Waals surface area contributed by atoms with Gasteiger partial charge in [-0.3, -0.25) is 4.79 Å². The molecule has 5 rings (SSSR count). The van der Waals surface area contributed by atoms with Crippen LogP contribution in [0.2, 0.25) is 0 Å². The van der Waals surface area contributed by atoms with Crippen LogP contribution >= 0.6 is 0 Å². The van der Waals surface area contributed by atoms with Gasteiger partial charge in [0.15, 0.2) is 27.0 Å². The quantitative estimate of drug-likeness (QED) is 0.446. The van der Waals surface area contributed by atoms with Crippen LogP contribution in [-0.2, 0) is 9.84 Å². The summed E-state index contributed by atoms with van der Waals surface area (Å²) in [6.45, 7) is 4.95. The van der Waals surface area contributed by atoms with Crippen LogP contribution in [0.1, 0.15) is 30.2 Å². The number of aromatic nitrogens is 3. The number of hydrogen-bond acceptors (Lipinski definition) is 7. The Kier molecular flexibility index (Phi) is 5.68. The fraction of sp³-hybridized carbons (Fsp3) is 0.240. The van der Waals surface area contributed by atoms with Crippen molar-refractivity contribution in [3.8, 4) is 22.8 Å². The minimum atomic E-state index is -3.33. The van der Waals surface area contributed by atoms with Crippen LogP contribution in [-0.4, -0.2) is 48.6 Å². The number of ether oxygens (including phenoxy) is 2.